The fourth-order valence-corrected chi connectivity index (χ4v) is 4.78. The van der Waals surface area contributed by atoms with Gasteiger partial charge >= 0.3 is 0 Å². The van der Waals surface area contributed by atoms with Crippen molar-refractivity contribution in [2.45, 2.75) is 19.9 Å². The molecule has 148 valence electrons. The maximum atomic E-state index is 12.7. The summed E-state index contributed by atoms with van der Waals surface area (Å²) >= 11 is 5.02. The Labute approximate surface area is 181 Å². The normalized spacial score (nSPS) is 16.3. The van der Waals surface area contributed by atoms with Crippen molar-refractivity contribution in [3.8, 4) is 10.6 Å². The van der Waals surface area contributed by atoms with Crippen molar-refractivity contribution in [1.29, 1.82) is 0 Å². The number of rotatable bonds is 5. The van der Waals surface area contributed by atoms with Crippen LogP contribution in [0.3, 0.4) is 0 Å². The Morgan fingerprint density at radius 1 is 1.24 bits per heavy atom. The van der Waals surface area contributed by atoms with Gasteiger partial charge in [-0.15, -0.1) is 11.3 Å². The van der Waals surface area contributed by atoms with E-state index < -0.39 is 0 Å². The van der Waals surface area contributed by atoms with Crippen LogP contribution in [0, 0.1) is 12.8 Å². The van der Waals surface area contributed by atoms with Gasteiger partial charge in [0.05, 0.1) is 18.2 Å². The number of nitrogens with zero attached hydrogens (tertiary/aromatic N) is 2. The molecule has 1 aliphatic rings. The smallest absolute Gasteiger partial charge is 0.227 e. The van der Waals surface area contributed by atoms with Gasteiger partial charge in [0.1, 0.15) is 5.01 Å². The van der Waals surface area contributed by atoms with Gasteiger partial charge in [-0.25, -0.2) is 4.98 Å². The van der Waals surface area contributed by atoms with Crippen LogP contribution >= 0.6 is 27.3 Å². The van der Waals surface area contributed by atoms with E-state index in [1.165, 1.54) is 0 Å². The number of nitrogens with one attached hydrogen (secondary N) is 1. The molecule has 7 heteroatoms. The lowest BCUT2D eigenvalue weighted by molar-refractivity contribution is -0.126. The third kappa shape index (κ3) is 4.41. The monoisotopic (exact) mass is 469 g/mol. The fourth-order valence-electron chi connectivity index (χ4n) is 3.38. The van der Waals surface area contributed by atoms with E-state index >= 15 is 0 Å². The average molecular weight is 470 g/mol. The lowest BCUT2D eigenvalue weighted by Gasteiger charge is -2.17. The predicted molar refractivity (Wildman–Crippen MR) is 119 cm³/mol. The van der Waals surface area contributed by atoms with Gasteiger partial charge in [-0.1, -0.05) is 52.3 Å². The highest BCUT2D eigenvalue weighted by Gasteiger charge is 2.35. The number of halogens is 1. The van der Waals surface area contributed by atoms with Gasteiger partial charge in [0.25, 0.3) is 0 Å². The Morgan fingerprint density at radius 2 is 2.03 bits per heavy atom. The van der Waals surface area contributed by atoms with Gasteiger partial charge in [0.15, 0.2) is 0 Å². The van der Waals surface area contributed by atoms with Crippen molar-refractivity contribution in [3.63, 3.8) is 0 Å². The molecule has 0 radical (unpaired) electrons. The second-order valence-corrected chi connectivity index (χ2v) is 9.00. The molecule has 2 heterocycles. The Hall–Kier alpha value is -2.51. The summed E-state index contributed by atoms with van der Waals surface area (Å²) in [5, 5.41) is 3.94. The number of amides is 2. The van der Waals surface area contributed by atoms with E-state index in [1.807, 2.05) is 61.5 Å². The van der Waals surface area contributed by atoms with E-state index in [-0.39, 0.29) is 24.2 Å². The Balaban J connectivity index is 1.39. The molecule has 1 aromatic heterocycles. The molecule has 4 rings (SSSR count). The van der Waals surface area contributed by atoms with Crippen LogP contribution in [0.2, 0.25) is 0 Å². The molecule has 1 N–H and O–H groups in total. The van der Waals surface area contributed by atoms with Crippen LogP contribution in [0.15, 0.2) is 59.1 Å². The Kier molecular flexibility index (Phi) is 5.78. The molecule has 1 atom stereocenters. The standard InChI is InChI=1S/C22H20BrN3O2S/c1-14-19(29-22(25-14)15-6-3-2-4-7-15)12-24-21(28)16-10-20(27)26(13-16)18-9-5-8-17(23)11-18/h2-9,11,16H,10,12-13H2,1H3,(H,24,28). The molecule has 29 heavy (non-hydrogen) atoms. The summed E-state index contributed by atoms with van der Waals surface area (Å²) in [5.41, 5.74) is 2.81. The fraction of sp³-hybridized carbons (Fsp3) is 0.227. The van der Waals surface area contributed by atoms with Crippen LogP contribution in [0.5, 0.6) is 0 Å². The molecular formula is C22H20BrN3O2S. The van der Waals surface area contributed by atoms with E-state index in [4.69, 9.17) is 0 Å². The SMILES string of the molecule is Cc1nc(-c2ccccc2)sc1CNC(=O)C1CC(=O)N(c2cccc(Br)c2)C1. The first kappa shape index (κ1) is 19.8. The van der Waals surface area contributed by atoms with Gasteiger partial charge in [-0.2, -0.15) is 0 Å². The van der Waals surface area contributed by atoms with Gasteiger partial charge in [-0.05, 0) is 25.1 Å². The van der Waals surface area contributed by atoms with Gasteiger partial charge in [0, 0.05) is 33.6 Å². The van der Waals surface area contributed by atoms with Crippen LogP contribution in [-0.2, 0) is 16.1 Å². The number of thiazole rings is 1. The molecule has 5 nitrogen and oxygen atoms in total. The first-order chi connectivity index (χ1) is 14.0. The quantitative estimate of drug-likeness (QED) is 0.595. The molecule has 0 saturated carbocycles. The first-order valence-electron chi connectivity index (χ1n) is 9.36. The zero-order valence-electron chi connectivity index (χ0n) is 15.9. The lowest BCUT2D eigenvalue weighted by Crippen LogP contribution is -2.32. The maximum absolute atomic E-state index is 12.7. The largest absolute Gasteiger partial charge is 0.351 e. The third-order valence-electron chi connectivity index (χ3n) is 4.95. The third-order valence-corrected chi connectivity index (χ3v) is 6.65. The van der Waals surface area contributed by atoms with Crippen molar-refractivity contribution in [3.05, 3.63) is 69.6 Å². The van der Waals surface area contributed by atoms with E-state index in [0.717, 1.165) is 31.3 Å². The highest BCUT2D eigenvalue weighted by atomic mass is 79.9. The average Bonchev–Trinajstić information content (AvgIpc) is 3.29. The zero-order chi connectivity index (χ0) is 20.4. The van der Waals surface area contributed by atoms with Crippen LogP contribution in [0.1, 0.15) is 17.0 Å². The second-order valence-electron chi connectivity index (χ2n) is 7.00. The summed E-state index contributed by atoms with van der Waals surface area (Å²) in [6.07, 6.45) is 0.231. The maximum Gasteiger partial charge on any atom is 0.227 e. The van der Waals surface area contributed by atoms with E-state index in [1.54, 1.807) is 16.2 Å². The number of hydrogen-bond acceptors (Lipinski definition) is 4. The summed E-state index contributed by atoms with van der Waals surface area (Å²) in [6, 6.07) is 17.6. The highest BCUT2D eigenvalue weighted by molar-refractivity contribution is 9.10. The molecule has 1 unspecified atom stereocenters. The molecule has 1 saturated heterocycles. The predicted octanol–water partition coefficient (Wildman–Crippen LogP) is 4.55. The van der Waals surface area contributed by atoms with Gasteiger partial charge in [0.2, 0.25) is 11.8 Å². The first-order valence-corrected chi connectivity index (χ1v) is 11.0. The van der Waals surface area contributed by atoms with Crippen molar-refractivity contribution in [2.75, 3.05) is 11.4 Å². The number of aromatic nitrogens is 1. The van der Waals surface area contributed by atoms with Crippen molar-refractivity contribution in [2.24, 2.45) is 5.92 Å². The van der Waals surface area contributed by atoms with Crippen molar-refractivity contribution >= 4 is 44.8 Å². The summed E-state index contributed by atoms with van der Waals surface area (Å²) < 4.78 is 0.908. The van der Waals surface area contributed by atoms with Crippen LogP contribution < -0.4 is 10.2 Å². The summed E-state index contributed by atoms with van der Waals surface area (Å²) in [6.45, 7) is 2.79. The molecule has 0 spiro atoms. The van der Waals surface area contributed by atoms with Gasteiger partial charge in [-0.3, -0.25) is 9.59 Å². The van der Waals surface area contributed by atoms with E-state index in [2.05, 4.69) is 26.2 Å². The molecule has 2 aromatic carbocycles. The van der Waals surface area contributed by atoms with E-state index in [9.17, 15) is 9.59 Å². The molecule has 3 aromatic rings. The minimum atomic E-state index is -0.344. The molecule has 1 fully saturated rings. The Bertz CT molecular complexity index is 1050. The van der Waals surface area contributed by atoms with Crippen LogP contribution in [0.25, 0.3) is 10.6 Å². The molecule has 2 amide bonds. The second kappa shape index (κ2) is 8.47. The number of anilines is 1. The summed E-state index contributed by atoms with van der Waals surface area (Å²) in [7, 11) is 0. The molecule has 0 bridgehead atoms. The highest BCUT2D eigenvalue weighted by Crippen LogP contribution is 2.29. The minimum Gasteiger partial charge on any atom is -0.351 e. The van der Waals surface area contributed by atoms with Crippen molar-refractivity contribution in [1.82, 2.24) is 10.3 Å². The minimum absolute atomic E-state index is 0.0245. The number of hydrogen-bond donors (Lipinski definition) is 1. The number of carbonyl (C=O) groups is 2. The molecular weight excluding hydrogens is 450 g/mol. The Morgan fingerprint density at radius 3 is 2.79 bits per heavy atom. The van der Waals surface area contributed by atoms with Gasteiger partial charge < -0.3 is 10.2 Å². The topological polar surface area (TPSA) is 62.3 Å². The van der Waals surface area contributed by atoms with Crippen LogP contribution in [0.4, 0.5) is 5.69 Å². The number of aryl methyl sites for hydroxylation is 1. The van der Waals surface area contributed by atoms with Crippen LogP contribution in [-0.4, -0.2) is 23.3 Å². The van der Waals surface area contributed by atoms with E-state index in [0.29, 0.717) is 13.1 Å². The van der Waals surface area contributed by atoms with Crippen molar-refractivity contribution < 1.29 is 9.59 Å². The molecule has 0 aliphatic carbocycles. The molecule has 1 aliphatic heterocycles. The lowest BCUT2D eigenvalue weighted by atomic mass is 10.1. The number of carbonyl (C=O) groups excluding carboxylic acids is 2. The summed E-state index contributed by atoms with van der Waals surface area (Å²) in [4.78, 5) is 32.4. The zero-order valence-corrected chi connectivity index (χ0v) is 18.3. The number of benzene rings is 2. The summed E-state index contributed by atoms with van der Waals surface area (Å²) in [5.74, 6) is -0.461.